The van der Waals surface area contributed by atoms with Crippen LogP contribution in [0, 0.1) is 6.92 Å². The average molecular weight is 286 g/mol. The number of aryl methyl sites for hydroxylation is 1. The van der Waals surface area contributed by atoms with Crippen molar-refractivity contribution in [3.05, 3.63) is 45.9 Å². The maximum absolute atomic E-state index is 11.8. The summed E-state index contributed by atoms with van der Waals surface area (Å²) in [7, 11) is 0. The first kappa shape index (κ1) is 12.9. The summed E-state index contributed by atoms with van der Waals surface area (Å²) in [6.45, 7) is 1.96. The van der Waals surface area contributed by atoms with Crippen LogP contribution in [0.5, 0.6) is 0 Å². The molecule has 0 bridgehead atoms. The molecule has 1 N–H and O–H groups in total. The lowest BCUT2D eigenvalue weighted by atomic mass is 10.2. The number of nitrogens with one attached hydrogen (secondary N) is 1. The van der Waals surface area contributed by atoms with Gasteiger partial charge in [-0.05, 0) is 13.0 Å². The monoisotopic (exact) mass is 285 g/mol. The van der Waals surface area contributed by atoms with Gasteiger partial charge in [-0.3, -0.25) is 4.79 Å². The lowest BCUT2D eigenvalue weighted by molar-refractivity contribution is 0.0947. The number of hydrogen-bond donors (Lipinski definition) is 1. The first-order valence-electron chi connectivity index (χ1n) is 5.07. The molecule has 2 aromatic rings. The summed E-state index contributed by atoms with van der Waals surface area (Å²) in [6, 6.07) is 1.40. The van der Waals surface area contributed by atoms with E-state index in [1.54, 1.807) is 13.1 Å². The van der Waals surface area contributed by atoms with Gasteiger partial charge in [-0.1, -0.05) is 23.2 Å². The third-order valence-electron chi connectivity index (χ3n) is 2.14. The fraction of sp³-hybridized carbons (Fsp3) is 0.182. The van der Waals surface area contributed by atoms with Gasteiger partial charge in [0.1, 0.15) is 10.9 Å². The second-order valence-electron chi connectivity index (χ2n) is 3.53. The van der Waals surface area contributed by atoms with E-state index in [-0.39, 0.29) is 28.2 Å². The zero-order valence-corrected chi connectivity index (χ0v) is 10.9. The highest BCUT2D eigenvalue weighted by atomic mass is 35.5. The summed E-state index contributed by atoms with van der Waals surface area (Å²) >= 11 is 11.6. The van der Waals surface area contributed by atoms with Crippen molar-refractivity contribution in [3.63, 3.8) is 0 Å². The van der Waals surface area contributed by atoms with Gasteiger partial charge in [0.15, 0.2) is 0 Å². The van der Waals surface area contributed by atoms with Gasteiger partial charge in [0.25, 0.3) is 5.91 Å². The number of nitrogens with zero attached hydrogens (tertiary/aromatic N) is 2. The number of pyridine rings is 1. The fourth-order valence-electron chi connectivity index (χ4n) is 1.32. The lowest BCUT2D eigenvalue weighted by Crippen LogP contribution is -2.23. The van der Waals surface area contributed by atoms with Crippen LogP contribution in [0.3, 0.4) is 0 Å². The molecule has 94 valence electrons. The Balaban J connectivity index is 2.05. The van der Waals surface area contributed by atoms with Crippen molar-refractivity contribution in [2.24, 2.45) is 0 Å². The third-order valence-corrected chi connectivity index (χ3v) is 2.64. The van der Waals surface area contributed by atoms with Crippen molar-refractivity contribution in [2.45, 2.75) is 13.5 Å². The topological polar surface area (TPSA) is 68.0 Å². The van der Waals surface area contributed by atoms with Crippen LogP contribution >= 0.6 is 23.2 Å². The van der Waals surface area contributed by atoms with Crippen LogP contribution in [0.25, 0.3) is 0 Å². The molecule has 0 fully saturated rings. The summed E-state index contributed by atoms with van der Waals surface area (Å²) in [5, 5.41) is 3.07. The lowest BCUT2D eigenvalue weighted by Gasteiger charge is -2.04. The molecule has 2 heterocycles. The third kappa shape index (κ3) is 3.00. The number of aromatic nitrogens is 2. The van der Waals surface area contributed by atoms with Crippen molar-refractivity contribution in [3.8, 4) is 0 Å². The van der Waals surface area contributed by atoms with E-state index in [0.717, 1.165) is 0 Å². The molecule has 0 atom stereocenters. The summed E-state index contributed by atoms with van der Waals surface area (Å²) < 4.78 is 5.23. The number of carbonyl (C=O) groups is 1. The summed E-state index contributed by atoms with van der Waals surface area (Å²) in [5.74, 6) is 0.751. The van der Waals surface area contributed by atoms with Crippen LogP contribution in [0.2, 0.25) is 10.2 Å². The molecule has 0 spiro atoms. The Morgan fingerprint density at radius 2 is 2.17 bits per heavy atom. The van der Waals surface area contributed by atoms with Crippen molar-refractivity contribution in [2.75, 3.05) is 0 Å². The van der Waals surface area contributed by atoms with Crippen molar-refractivity contribution < 1.29 is 9.21 Å². The molecule has 0 aromatic carbocycles. The Morgan fingerprint density at radius 3 is 2.83 bits per heavy atom. The summed E-state index contributed by atoms with van der Waals surface area (Å²) in [6.07, 6.45) is 2.91. The molecule has 2 aromatic heterocycles. The predicted molar refractivity (Wildman–Crippen MR) is 66.7 cm³/mol. The van der Waals surface area contributed by atoms with E-state index in [1.165, 1.54) is 12.3 Å². The average Bonchev–Trinajstić information content (AvgIpc) is 2.75. The van der Waals surface area contributed by atoms with E-state index < -0.39 is 0 Å². The first-order valence-corrected chi connectivity index (χ1v) is 5.82. The molecule has 0 aliphatic rings. The minimum Gasteiger partial charge on any atom is -0.444 e. The number of carbonyl (C=O) groups excluding carboxylic acids is 1. The molecular formula is C11H9Cl2N3O2. The van der Waals surface area contributed by atoms with Gasteiger partial charge in [0, 0.05) is 6.20 Å². The van der Waals surface area contributed by atoms with Gasteiger partial charge in [-0.25, -0.2) is 9.97 Å². The van der Waals surface area contributed by atoms with Gasteiger partial charge >= 0.3 is 0 Å². The minimum absolute atomic E-state index is 0.183. The molecule has 0 saturated heterocycles. The smallest absolute Gasteiger partial charge is 0.253 e. The van der Waals surface area contributed by atoms with Gasteiger partial charge in [-0.2, -0.15) is 0 Å². The highest BCUT2D eigenvalue weighted by Gasteiger charge is 2.12. The van der Waals surface area contributed by atoms with Crippen LogP contribution in [0.4, 0.5) is 0 Å². The van der Waals surface area contributed by atoms with Crippen LogP contribution in [-0.2, 0) is 6.54 Å². The van der Waals surface area contributed by atoms with Gasteiger partial charge in [-0.15, -0.1) is 0 Å². The van der Waals surface area contributed by atoms with E-state index in [0.29, 0.717) is 11.7 Å². The quantitative estimate of drug-likeness (QED) is 0.881. The number of hydrogen-bond acceptors (Lipinski definition) is 4. The number of halogens is 2. The van der Waals surface area contributed by atoms with E-state index in [4.69, 9.17) is 27.6 Å². The van der Waals surface area contributed by atoms with Crippen LogP contribution in [-0.4, -0.2) is 15.9 Å². The fourth-order valence-corrected chi connectivity index (χ4v) is 1.67. The van der Waals surface area contributed by atoms with Gasteiger partial charge in [0.05, 0.1) is 23.3 Å². The Hall–Kier alpha value is -1.59. The van der Waals surface area contributed by atoms with Crippen LogP contribution < -0.4 is 5.32 Å². The Kier molecular flexibility index (Phi) is 3.84. The zero-order chi connectivity index (χ0) is 13.1. The highest BCUT2D eigenvalue weighted by Crippen LogP contribution is 2.18. The first-order chi connectivity index (χ1) is 8.56. The number of rotatable bonds is 3. The Bertz CT molecular complexity index is 583. The minimum atomic E-state index is -0.361. The molecule has 1 amide bonds. The second-order valence-corrected chi connectivity index (χ2v) is 4.33. The maximum Gasteiger partial charge on any atom is 0.253 e. The summed E-state index contributed by atoms with van der Waals surface area (Å²) in [5.41, 5.74) is 0.264. The highest BCUT2D eigenvalue weighted by molar-refractivity contribution is 6.35. The van der Waals surface area contributed by atoms with E-state index >= 15 is 0 Å². The van der Waals surface area contributed by atoms with Crippen molar-refractivity contribution >= 4 is 29.1 Å². The Labute approximate surface area is 113 Å². The molecular weight excluding hydrogens is 277 g/mol. The molecule has 2 rings (SSSR count). The van der Waals surface area contributed by atoms with E-state index in [1.807, 2.05) is 0 Å². The molecule has 0 saturated carbocycles. The molecule has 0 aliphatic heterocycles. The van der Waals surface area contributed by atoms with Crippen LogP contribution in [0.15, 0.2) is 22.9 Å². The molecule has 0 aliphatic carbocycles. The SMILES string of the molecule is Cc1cnc(CNC(=O)c2cc(Cl)ncc2Cl)o1. The summed E-state index contributed by atoms with van der Waals surface area (Å²) in [4.78, 5) is 19.6. The standard InChI is InChI=1S/C11H9Cl2N3O2/c1-6-3-15-10(18-6)5-16-11(17)7-2-9(13)14-4-8(7)12/h2-4H,5H2,1H3,(H,16,17). The maximum atomic E-state index is 11.8. The number of oxazole rings is 1. The zero-order valence-electron chi connectivity index (χ0n) is 9.41. The van der Waals surface area contributed by atoms with E-state index in [9.17, 15) is 4.79 Å². The molecule has 0 radical (unpaired) electrons. The predicted octanol–water partition coefficient (Wildman–Crippen LogP) is 2.61. The Morgan fingerprint density at radius 1 is 1.39 bits per heavy atom. The number of amides is 1. The van der Waals surface area contributed by atoms with Crippen LogP contribution in [0.1, 0.15) is 22.0 Å². The normalized spacial score (nSPS) is 10.4. The van der Waals surface area contributed by atoms with E-state index in [2.05, 4.69) is 15.3 Å². The molecule has 0 unspecified atom stereocenters. The van der Waals surface area contributed by atoms with Crippen molar-refractivity contribution in [1.29, 1.82) is 0 Å². The van der Waals surface area contributed by atoms with Crippen molar-refractivity contribution in [1.82, 2.24) is 15.3 Å². The van der Waals surface area contributed by atoms with Gasteiger partial charge < -0.3 is 9.73 Å². The van der Waals surface area contributed by atoms with Gasteiger partial charge in [0.2, 0.25) is 5.89 Å². The molecule has 18 heavy (non-hydrogen) atoms. The molecule has 5 nitrogen and oxygen atoms in total. The largest absolute Gasteiger partial charge is 0.444 e. The second kappa shape index (κ2) is 5.37. The molecule has 7 heteroatoms.